The second kappa shape index (κ2) is 11.6. The van der Waals surface area contributed by atoms with Crippen LogP contribution in [0.25, 0.3) is 0 Å². The third-order valence-corrected chi connectivity index (χ3v) is 4.84. The Hall–Kier alpha value is -4.40. The number of anilines is 1. The lowest BCUT2D eigenvalue weighted by Crippen LogP contribution is -2.22. The number of ketones is 1. The van der Waals surface area contributed by atoms with Crippen LogP contribution in [-0.2, 0) is 20.9 Å². The molecule has 1 N–H and O–H groups in total. The van der Waals surface area contributed by atoms with Crippen LogP contribution in [0.4, 0.5) is 5.88 Å². The summed E-state index contributed by atoms with van der Waals surface area (Å²) >= 11 is 0. The predicted molar refractivity (Wildman–Crippen MR) is 126 cm³/mol. The number of amides is 1. The van der Waals surface area contributed by atoms with Gasteiger partial charge in [-0.15, -0.1) is 0 Å². The van der Waals surface area contributed by atoms with Gasteiger partial charge in [0.1, 0.15) is 23.7 Å². The number of nitrogens with one attached hydrogen (secondary N) is 1. The number of aryl methyl sites for hydroxylation is 1. The Bertz CT molecular complexity index is 1210. The topological polar surface area (TPSA) is 121 Å². The van der Waals surface area contributed by atoms with E-state index in [1.54, 1.807) is 31.2 Å². The van der Waals surface area contributed by atoms with Gasteiger partial charge in [0.15, 0.2) is 12.4 Å². The summed E-state index contributed by atoms with van der Waals surface area (Å²) in [5, 5.41) is 2.36. The highest BCUT2D eigenvalue weighted by Gasteiger charge is 2.29. The molecule has 3 rings (SSSR count). The molecule has 0 spiro atoms. The van der Waals surface area contributed by atoms with Gasteiger partial charge in [-0.2, -0.15) is 0 Å². The molecule has 0 aliphatic rings. The quantitative estimate of drug-likeness (QED) is 0.337. The van der Waals surface area contributed by atoms with Crippen molar-refractivity contribution in [2.75, 3.05) is 18.5 Å². The van der Waals surface area contributed by atoms with Crippen LogP contribution in [0.2, 0.25) is 0 Å². The van der Waals surface area contributed by atoms with Crippen LogP contribution in [0.5, 0.6) is 5.75 Å². The minimum absolute atomic E-state index is 0.0204. The zero-order valence-corrected chi connectivity index (χ0v) is 19.6. The number of hydrogen-bond donors (Lipinski definition) is 1. The molecule has 0 bridgehead atoms. The van der Waals surface area contributed by atoms with E-state index in [-0.39, 0.29) is 34.9 Å². The van der Waals surface area contributed by atoms with Crippen molar-refractivity contribution in [3.8, 4) is 5.75 Å². The molecule has 1 heterocycles. The smallest absolute Gasteiger partial charge is 0.344 e. The van der Waals surface area contributed by atoms with E-state index < -0.39 is 30.2 Å². The van der Waals surface area contributed by atoms with E-state index in [9.17, 15) is 19.2 Å². The predicted octanol–water partition coefficient (Wildman–Crippen LogP) is 4.34. The van der Waals surface area contributed by atoms with Crippen LogP contribution in [0.1, 0.15) is 56.2 Å². The van der Waals surface area contributed by atoms with Crippen molar-refractivity contribution in [1.29, 1.82) is 0 Å². The Kier molecular flexibility index (Phi) is 8.39. The van der Waals surface area contributed by atoms with Gasteiger partial charge in [0, 0.05) is 0 Å². The fraction of sp³-hybridized carbons (Fsp3) is 0.231. The molecule has 0 saturated heterocycles. The number of Topliss-reactive ketones (excluding diaryl/α,β-unsaturated/α-hetero) is 1. The minimum Gasteiger partial charge on any atom is -0.489 e. The lowest BCUT2D eigenvalue weighted by atomic mass is 10.1. The molecule has 0 fully saturated rings. The number of carbonyl (C=O) groups is 4. The summed E-state index contributed by atoms with van der Waals surface area (Å²) in [5.74, 6) is -2.03. The SMILES string of the molecule is CCOC(=O)c1c(NC(=O)COC(=O)c2ccc(COc3ccccc3)cc2)oc(C)c1C(C)=O. The molecule has 1 aromatic heterocycles. The second-order valence-corrected chi connectivity index (χ2v) is 7.44. The van der Waals surface area contributed by atoms with Crippen LogP contribution in [0, 0.1) is 6.92 Å². The van der Waals surface area contributed by atoms with E-state index >= 15 is 0 Å². The molecule has 0 atom stereocenters. The van der Waals surface area contributed by atoms with Gasteiger partial charge in [0.25, 0.3) is 5.91 Å². The molecular formula is C26H25NO8. The van der Waals surface area contributed by atoms with Crippen LogP contribution >= 0.6 is 0 Å². The molecule has 1 amide bonds. The molecular weight excluding hydrogens is 454 g/mol. The monoisotopic (exact) mass is 479 g/mol. The zero-order chi connectivity index (χ0) is 25.4. The first kappa shape index (κ1) is 25.2. The maximum Gasteiger partial charge on any atom is 0.344 e. The Labute approximate surface area is 202 Å². The number of esters is 2. The molecule has 0 radical (unpaired) electrons. The molecule has 182 valence electrons. The van der Waals surface area contributed by atoms with E-state index in [0.29, 0.717) is 6.61 Å². The standard InChI is InChI=1S/C26H25NO8/c1-4-32-26(31)23-22(16(2)28)17(3)35-24(23)27-21(29)15-34-25(30)19-12-10-18(11-13-19)14-33-20-8-6-5-7-9-20/h5-13H,4,14-15H2,1-3H3,(H,27,29). The van der Waals surface area contributed by atoms with Crippen LogP contribution < -0.4 is 10.1 Å². The lowest BCUT2D eigenvalue weighted by Gasteiger charge is -2.08. The van der Waals surface area contributed by atoms with E-state index in [2.05, 4.69) is 5.32 Å². The summed E-state index contributed by atoms with van der Waals surface area (Å²) in [7, 11) is 0. The van der Waals surface area contributed by atoms with Crippen molar-refractivity contribution in [3.05, 3.63) is 82.6 Å². The molecule has 9 nitrogen and oxygen atoms in total. The summed E-state index contributed by atoms with van der Waals surface area (Å²) in [5.41, 5.74) is 0.946. The minimum atomic E-state index is -0.807. The Morgan fingerprint density at radius 1 is 0.886 bits per heavy atom. The average Bonchev–Trinajstić information content (AvgIpc) is 3.18. The fourth-order valence-electron chi connectivity index (χ4n) is 3.25. The number of rotatable bonds is 10. The van der Waals surface area contributed by atoms with Gasteiger partial charge in [0.05, 0.1) is 17.7 Å². The van der Waals surface area contributed by atoms with E-state index in [1.807, 2.05) is 30.3 Å². The van der Waals surface area contributed by atoms with E-state index in [4.69, 9.17) is 18.6 Å². The first-order chi connectivity index (χ1) is 16.8. The highest BCUT2D eigenvalue weighted by atomic mass is 16.5. The number of hydrogen-bond acceptors (Lipinski definition) is 8. The van der Waals surface area contributed by atoms with Crippen molar-refractivity contribution in [2.45, 2.75) is 27.4 Å². The maximum absolute atomic E-state index is 12.3. The van der Waals surface area contributed by atoms with Gasteiger partial charge in [-0.25, -0.2) is 9.59 Å². The Morgan fingerprint density at radius 2 is 1.57 bits per heavy atom. The molecule has 0 aliphatic heterocycles. The summed E-state index contributed by atoms with van der Waals surface area (Å²) in [6.45, 7) is 4.14. The second-order valence-electron chi connectivity index (χ2n) is 7.44. The van der Waals surface area contributed by atoms with E-state index in [1.165, 1.54) is 13.8 Å². The number of benzene rings is 2. The van der Waals surface area contributed by atoms with Crippen molar-refractivity contribution < 1.29 is 37.8 Å². The highest BCUT2D eigenvalue weighted by Crippen LogP contribution is 2.28. The van der Waals surface area contributed by atoms with Crippen LogP contribution in [0.3, 0.4) is 0 Å². The van der Waals surface area contributed by atoms with Crippen LogP contribution in [-0.4, -0.2) is 36.8 Å². The highest BCUT2D eigenvalue weighted by molar-refractivity contribution is 6.10. The van der Waals surface area contributed by atoms with E-state index in [0.717, 1.165) is 11.3 Å². The third-order valence-electron chi connectivity index (χ3n) is 4.84. The Balaban J connectivity index is 1.58. The molecule has 0 unspecified atom stereocenters. The summed E-state index contributed by atoms with van der Waals surface area (Å²) in [6.07, 6.45) is 0. The number of ether oxygens (including phenoxy) is 3. The van der Waals surface area contributed by atoms with Crippen molar-refractivity contribution >= 4 is 29.5 Å². The third kappa shape index (κ3) is 6.57. The molecule has 0 saturated carbocycles. The van der Waals surface area contributed by atoms with Crippen LogP contribution in [0.15, 0.2) is 59.0 Å². The summed E-state index contributed by atoms with van der Waals surface area (Å²) in [4.78, 5) is 48.9. The zero-order valence-electron chi connectivity index (χ0n) is 19.6. The number of furan rings is 1. The number of para-hydroxylation sites is 1. The van der Waals surface area contributed by atoms with Crippen molar-refractivity contribution in [2.24, 2.45) is 0 Å². The van der Waals surface area contributed by atoms with Gasteiger partial charge in [-0.1, -0.05) is 30.3 Å². The first-order valence-corrected chi connectivity index (χ1v) is 10.8. The van der Waals surface area contributed by atoms with Gasteiger partial charge >= 0.3 is 11.9 Å². The van der Waals surface area contributed by atoms with Crippen molar-refractivity contribution in [1.82, 2.24) is 0 Å². The van der Waals surface area contributed by atoms with Gasteiger partial charge in [-0.05, 0) is 50.6 Å². The first-order valence-electron chi connectivity index (χ1n) is 10.8. The van der Waals surface area contributed by atoms with Gasteiger partial charge in [-0.3, -0.25) is 14.9 Å². The van der Waals surface area contributed by atoms with Gasteiger partial charge < -0.3 is 18.6 Å². The summed E-state index contributed by atoms with van der Waals surface area (Å²) in [6, 6.07) is 15.9. The number of carbonyl (C=O) groups excluding carboxylic acids is 4. The molecule has 35 heavy (non-hydrogen) atoms. The molecule has 3 aromatic rings. The molecule has 0 aliphatic carbocycles. The maximum atomic E-state index is 12.3. The van der Waals surface area contributed by atoms with Crippen molar-refractivity contribution in [3.63, 3.8) is 0 Å². The Morgan fingerprint density at radius 3 is 2.20 bits per heavy atom. The van der Waals surface area contributed by atoms with Gasteiger partial charge in [0.2, 0.25) is 5.88 Å². The lowest BCUT2D eigenvalue weighted by molar-refractivity contribution is -0.119. The normalized spacial score (nSPS) is 10.4. The fourth-order valence-corrected chi connectivity index (χ4v) is 3.25. The molecule has 9 heteroatoms. The molecule has 2 aromatic carbocycles. The largest absolute Gasteiger partial charge is 0.489 e. The average molecular weight is 479 g/mol. The summed E-state index contributed by atoms with van der Waals surface area (Å²) < 4.78 is 21.1.